The van der Waals surface area contributed by atoms with Gasteiger partial charge in [0.1, 0.15) is 0 Å². The number of methoxy groups -OCH3 is 1. The molecule has 2 N–H and O–H groups in total. The van der Waals surface area contributed by atoms with Crippen LogP contribution < -0.4 is 10.0 Å². The van der Waals surface area contributed by atoms with Crippen LogP contribution >= 0.6 is 11.6 Å². The Hall–Kier alpha value is -0.980. The molecule has 0 saturated carbocycles. The molecule has 1 aromatic carbocycles. The molecule has 0 aliphatic carbocycles. The second kappa shape index (κ2) is 6.98. The highest BCUT2D eigenvalue weighted by Crippen LogP contribution is 2.27. The summed E-state index contributed by atoms with van der Waals surface area (Å²) in [5, 5.41) is 3.77. The van der Waals surface area contributed by atoms with Crippen LogP contribution in [0.25, 0.3) is 0 Å². The zero-order valence-corrected chi connectivity index (χ0v) is 12.8. The summed E-state index contributed by atoms with van der Waals surface area (Å²) in [5.74, 6) is 0. The maximum Gasteiger partial charge on any atom is 0.229 e. The van der Waals surface area contributed by atoms with Crippen LogP contribution in [0.15, 0.2) is 18.2 Å². The predicted molar refractivity (Wildman–Crippen MR) is 79.5 cm³/mol. The van der Waals surface area contributed by atoms with Gasteiger partial charge in [-0.3, -0.25) is 4.72 Å². The Morgan fingerprint density at radius 1 is 1.42 bits per heavy atom. The van der Waals surface area contributed by atoms with Gasteiger partial charge in [-0.15, -0.1) is 0 Å². The molecule has 5 nitrogen and oxygen atoms in total. The third-order valence-corrected chi connectivity index (χ3v) is 3.43. The number of rotatable bonds is 7. The van der Waals surface area contributed by atoms with Gasteiger partial charge >= 0.3 is 0 Å². The number of hydrogen-bond acceptors (Lipinski definition) is 4. The van der Waals surface area contributed by atoms with Gasteiger partial charge in [0.05, 0.1) is 29.3 Å². The van der Waals surface area contributed by atoms with Crippen LogP contribution in [0.1, 0.15) is 13.3 Å². The van der Waals surface area contributed by atoms with E-state index in [1.807, 2.05) is 6.92 Å². The van der Waals surface area contributed by atoms with Crippen LogP contribution in [0.4, 0.5) is 11.4 Å². The zero-order chi connectivity index (χ0) is 14.5. The van der Waals surface area contributed by atoms with Crippen LogP contribution in [0.3, 0.4) is 0 Å². The Morgan fingerprint density at radius 3 is 2.63 bits per heavy atom. The van der Waals surface area contributed by atoms with Crippen LogP contribution in [0.5, 0.6) is 0 Å². The number of halogens is 1. The van der Waals surface area contributed by atoms with E-state index in [0.29, 0.717) is 23.0 Å². The van der Waals surface area contributed by atoms with Crippen molar-refractivity contribution in [3.05, 3.63) is 23.2 Å². The maximum atomic E-state index is 11.2. The fourth-order valence-corrected chi connectivity index (χ4v) is 2.32. The van der Waals surface area contributed by atoms with Crippen LogP contribution in [-0.2, 0) is 14.8 Å². The number of anilines is 2. The molecule has 19 heavy (non-hydrogen) atoms. The van der Waals surface area contributed by atoms with Crippen LogP contribution in [-0.4, -0.2) is 34.4 Å². The lowest BCUT2D eigenvalue weighted by atomic mass is 10.2. The van der Waals surface area contributed by atoms with E-state index < -0.39 is 10.0 Å². The highest BCUT2D eigenvalue weighted by molar-refractivity contribution is 7.92. The van der Waals surface area contributed by atoms with Crippen molar-refractivity contribution < 1.29 is 13.2 Å². The minimum Gasteiger partial charge on any atom is -0.383 e. The quantitative estimate of drug-likeness (QED) is 0.812. The predicted octanol–water partition coefficient (Wildman–Crippen LogP) is 2.55. The topological polar surface area (TPSA) is 67.4 Å². The van der Waals surface area contributed by atoms with Crippen molar-refractivity contribution in [2.24, 2.45) is 0 Å². The van der Waals surface area contributed by atoms with Gasteiger partial charge in [0.25, 0.3) is 0 Å². The van der Waals surface area contributed by atoms with E-state index in [1.54, 1.807) is 25.3 Å². The molecule has 1 atom stereocenters. The first-order valence-corrected chi connectivity index (χ1v) is 8.15. The standard InChI is InChI=1S/C12H19ClN2O3S/c1-4-9(8-18-2)14-12-7-10(5-6-11(12)13)15-19(3,16)17/h5-7,9,14-15H,4,8H2,1-3H3. The summed E-state index contributed by atoms with van der Waals surface area (Å²) in [6.45, 7) is 2.58. The molecule has 0 saturated heterocycles. The van der Waals surface area contributed by atoms with E-state index in [0.717, 1.165) is 12.7 Å². The summed E-state index contributed by atoms with van der Waals surface area (Å²) in [4.78, 5) is 0. The lowest BCUT2D eigenvalue weighted by Gasteiger charge is -2.19. The second-order valence-corrected chi connectivity index (χ2v) is 6.43. The molecular weight excluding hydrogens is 288 g/mol. The second-order valence-electron chi connectivity index (χ2n) is 4.27. The van der Waals surface area contributed by atoms with Crippen molar-refractivity contribution >= 4 is 33.0 Å². The van der Waals surface area contributed by atoms with Crippen molar-refractivity contribution in [2.75, 3.05) is 30.0 Å². The van der Waals surface area contributed by atoms with E-state index in [-0.39, 0.29) is 6.04 Å². The average Bonchev–Trinajstić information content (AvgIpc) is 2.30. The number of ether oxygens (including phenoxy) is 1. The third kappa shape index (κ3) is 5.67. The minimum atomic E-state index is -3.30. The highest BCUT2D eigenvalue weighted by Gasteiger charge is 2.10. The molecule has 0 aromatic heterocycles. The normalized spacial score (nSPS) is 13.1. The Balaban J connectivity index is 2.90. The number of sulfonamides is 1. The summed E-state index contributed by atoms with van der Waals surface area (Å²) in [6.07, 6.45) is 1.97. The van der Waals surface area contributed by atoms with Crippen LogP contribution in [0.2, 0.25) is 5.02 Å². The first kappa shape index (κ1) is 16.1. The van der Waals surface area contributed by atoms with Crippen molar-refractivity contribution in [2.45, 2.75) is 19.4 Å². The van der Waals surface area contributed by atoms with Gasteiger partial charge in [-0.1, -0.05) is 18.5 Å². The van der Waals surface area contributed by atoms with E-state index in [2.05, 4.69) is 10.0 Å². The molecule has 1 rings (SSSR count). The summed E-state index contributed by atoms with van der Waals surface area (Å²) in [5.41, 5.74) is 1.15. The van der Waals surface area contributed by atoms with Gasteiger partial charge in [0, 0.05) is 13.2 Å². The Bertz CT molecular complexity index is 520. The zero-order valence-electron chi connectivity index (χ0n) is 11.2. The molecule has 1 unspecified atom stereocenters. The lowest BCUT2D eigenvalue weighted by Crippen LogP contribution is -2.24. The van der Waals surface area contributed by atoms with E-state index in [1.165, 1.54) is 0 Å². The summed E-state index contributed by atoms with van der Waals surface area (Å²) >= 11 is 6.09. The SMILES string of the molecule is CCC(COC)Nc1cc(NS(C)(=O)=O)ccc1Cl. The monoisotopic (exact) mass is 306 g/mol. The highest BCUT2D eigenvalue weighted by atomic mass is 35.5. The van der Waals surface area contributed by atoms with Gasteiger partial charge in [0.15, 0.2) is 0 Å². The van der Waals surface area contributed by atoms with Crippen molar-refractivity contribution in [3.63, 3.8) is 0 Å². The molecule has 0 fully saturated rings. The smallest absolute Gasteiger partial charge is 0.229 e. The molecule has 0 amide bonds. The molecule has 108 valence electrons. The largest absolute Gasteiger partial charge is 0.383 e. The first-order chi connectivity index (χ1) is 8.85. The van der Waals surface area contributed by atoms with Crippen molar-refractivity contribution in [3.8, 4) is 0 Å². The molecule has 0 aliphatic rings. The Labute approximate surface area is 119 Å². The molecule has 1 aromatic rings. The first-order valence-electron chi connectivity index (χ1n) is 5.88. The summed E-state index contributed by atoms with van der Waals surface area (Å²) in [6, 6.07) is 5.06. The Kier molecular flexibility index (Phi) is 5.90. The minimum absolute atomic E-state index is 0.121. The Morgan fingerprint density at radius 2 is 2.11 bits per heavy atom. The summed E-state index contributed by atoms with van der Waals surface area (Å²) < 4.78 is 29.9. The van der Waals surface area contributed by atoms with E-state index >= 15 is 0 Å². The van der Waals surface area contributed by atoms with Crippen molar-refractivity contribution in [1.82, 2.24) is 0 Å². The van der Waals surface area contributed by atoms with Crippen molar-refractivity contribution in [1.29, 1.82) is 0 Å². The molecule has 0 heterocycles. The third-order valence-electron chi connectivity index (χ3n) is 2.49. The molecule has 0 aliphatic heterocycles. The number of hydrogen-bond donors (Lipinski definition) is 2. The van der Waals surface area contributed by atoms with E-state index in [9.17, 15) is 8.42 Å². The van der Waals surface area contributed by atoms with Gasteiger partial charge in [-0.2, -0.15) is 0 Å². The molecule has 0 spiro atoms. The molecule has 7 heteroatoms. The number of benzene rings is 1. The van der Waals surface area contributed by atoms with Gasteiger partial charge < -0.3 is 10.1 Å². The van der Waals surface area contributed by atoms with Gasteiger partial charge in [-0.25, -0.2) is 8.42 Å². The fraction of sp³-hybridized carbons (Fsp3) is 0.500. The van der Waals surface area contributed by atoms with E-state index in [4.69, 9.17) is 16.3 Å². The maximum absolute atomic E-state index is 11.2. The fourth-order valence-electron chi connectivity index (χ4n) is 1.60. The average molecular weight is 307 g/mol. The van der Waals surface area contributed by atoms with Crippen LogP contribution in [0, 0.1) is 0 Å². The molecule has 0 radical (unpaired) electrons. The number of nitrogens with one attached hydrogen (secondary N) is 2. The lowest BCUT2D eigenvalue weighted by molar-refractivity contribution is 0.184. The summed E-state index contributed by atoms with van der Waals surface area (Å²) in [7, 11) is -1.66. The van der Waals surface area contributed by atoms with Gasteiger partial charge in [-0.05, 0) is 24.6 Å². The molecular formula is C12H19ClN2O3S. The molecule has 0 bridgehead atoms. The van der Waals surface area contributed by atoms with Gasteiger partial charge in [0.2, 0.25) is 10.0 Å².